The number of hydrogen-bond acceptors (Lipinski definition) is 2. The minimum Gasteiger partial charge on any atom is -0.349 e. The molecule has 1 aromatic rings. The van der Waals surface area contributed by atoms with Crippen LogP contribution in [-0.2, 0) is 4.79 Å². The molecule has 4 heteroatoms. The van der Waals surface area contributed by atoms with Crippen LogP contribution in [0.3, 0.4) is 0 Å². The number of nitrogens with one attached hydrogen (secondary N) is 2. The highest BCUT2D eigenvalue weighted by Gasteiger charge is 2.38. The molecular weight excluding hydrogens is 255 g/mol. The largest absolute Gasteiger partial charge is 0.349 e. The van der Waals surface area contributed by atoms with Crippen LogP contribution < -0.4 is 10.6 Å². The first-order valence-electron chi connectivity index (χ1n) is 7.34. The minimum absolute atomic E-state index is 0.0956. The zero-order valence-electron chi connectivity index (χ0n) is 12.2. The molecule has 0 bridgehead atoms. The van der Waals surface area contributed by atoms with E-state index < -0.39 is 0 Å². The van der Waals surface area contributed by atoms with Gasteiger partial charge in [-0.05, 0) is 57.0 Å². The van der Waals surface area contributed by atoms with Crippen LogP contribution in [0.5, 0.6) is 0 Å². The molecule has 1 aromatic carbocycles. The van der Waals surface area contributed by atoms with Crippen molar-refractivity contribution in [1.82, 2.24) is 10.6 Å². The molecule has 0 aromatic heterocycles. The molecule has 0 saturated carbocycles. The Morgan fingerprint density at radius 1 is 1.45 bits per heavy atom. The molecule has 2 rings (SSSR count). The van der Waals surface area contributed by atoms with E-state index in [2.05, 4.69) is 17.6 Å². The van der Waals surface area contributed by atoms with Gasteiger partial charge >= 0.3 is 0 Å². The number of amides is 1. The molecule has 20 heavy (non-hydrogen) atoms. The third-order valence-corrected chi connectivity index (χ3v) is 4.42. The Bertz CT molecular complexity index is 469. The second kappa shape index (κ2) is 6.35. The van der Waals surface area contributed by atoms with Crippen molar-refractivity contribution in [2.45, 2.75) is 39.2 Å². The molecule has 3 nitrogen and oxygen atoms in total. The molecule has 1 saturated heterocycles. The number of benzene rings is 1. The smallest absolute Gasteiger partial charge is 0.226 e. The molecule has 1 fully saturated rings. The van der Waals surface area contributed by atoms with E-state index in [0.29, 0.717) is 0 Å². The summed E-state index contributed by atoms with van der Waals surface area (Å²) < 4.78 is 13.2. The van der Waals surface area contributed by atoms with E-state index in [1.165, 1.54) is 12.1 Å². The van der Waals surface area contributed by atoms with Crippen LogP contribution in [-0.4, -0.2) is 19.0 Å². The number of rotatable bonds is 4. The van der Waals surface area contributed by atoms with Gasteiger partial charge in [0.1, 0.15) is 5.82 Å². The second-order valence-electron chi connectivity index (χ2n) is 5.63. The summed E-state index contributed by atoms with van der Waals surface area (Å²) >= 11 is 0. The average Bonchev–Trinajstić information content (AvgIpc) is 2.47. The van der Waals surface area contributed by atoms with Crippen LogP contribution >= 0.6 is 0 Å². The fourth-order valence-electron chi connectivity index (χ4n) is 2.86. The van der Waals surface area contributed by atoms with Crippen molar-refractivity contribution in [3.63, 3.8) is 0 Å². The summed E-state index contributed by atoms with van der Waals surface area (Å²) in [6, 6.07) is 6.24. The number of carbonyl (C=O) groups is 1. The summed E-state index contributed by atoms with van der Waals surface area (Å²) in [5.41, 5.74) is 0.533. The first-order valence-corrected chi connectivity index (χ1v) is 7.34. The lowest BCUT2D eigenvalue weighted by atomic mass is 9.75. The standard InChI is InChI=1S/C16H23FN2O/c1-3-16(7-9-18-10-8-16)15(20)19-12(2)13-5-4-6-14(17)11-13/h4-6,11-12,18H,3,7-10H2,1-2H3,(H,19,20)/t12-/m1/s1. The van der Waals surface area contributed by atoms with Gasteiger partial charge in [0.15, 0.2) is 0 Å². The lowest BCUT2D eigenvalue weighted by Gasteiger charge is -2.36. The van der Waals surface area contributed by atoms with Gasteiger partial charge in [0.05, 0.1) is 11.5 Å². The van der Waals surface area contributed by atoms with E-state index >= 15 is 0 Å². The summed E-state index contributed by atoms with van der Waals surface area (Å²) in [6.07, 6.45) is 2.58. The highest BCUT2D eigenvalue weighted by atomic mass is 19.1. The Kier molecular flexibility index (Phi) is 4.76. The molecule has 0 radical (unpaired) electrons. The van der Waals surface area contributed by atoms with Crippen molar-refractivity contribution in [1.29, 1.82) is 0 Å². The summed E-state index contributed by atoms with van der Waals surface area (Å²) in [5.74, 6) is -0.172. The Hall–Kier alpha value is -1.42. The quantitative estimate of drug-likeness (QED) is 0.889. The zero-order chi connectivity index (χ0) is 14.6. The van der Waals surface area contributed by atoms with Crippen molar-refractivity contribution in [3.05, 3.63) is 35.6 Å². The van der Waals surface area contributed by atoms with E-state index in [4.69, 9.17) is 0 Å². The van der Waals surface area contributed by atoms with Crippen LogP contribution in [0.1, 0.15) is 44.7 Å². The predicted octanol–water partition coefficient (Wildman–Crippen LogP) is 2.78. The molecule has 1 aliphatic heterocycles. The average molecular weight is 278 g/mol. The van der Waals surface area contributed by atoms with E-state index in [1.807, 2.05) is 13.0 Å². The van der Waals surface area contributed by atoms with Crippen molar-refractivity contribution in [2.75, 3.05) is 13.1 Å². The normalized spacial score (nSPS) is 19.4. The number of hydrogen-bond donors (Lipinski definition) is 2. The molecular formula is C16H23FN2O. The second-order valence-corrected chi connectivity index (χ2v) is 5.63. The fourth-order valence-corrected chi connectivity index (χ4v) is 2.86. The van der Waals surface area contributed by atoms with Crippen LogP contribution in [0.4, 0.5) is 4.39 Å². The Labute approximate surface area is 120 Å². The van der Waals surface area contributed by atoms with Crippen LogP contribution in [0, 0.1) is 11.2 Å². The van der Waals surface area contributed by atoms with Gasteiger partial charge < -0.3 is 10.6 Å². The van der Waals surface area contributed by atoms with Crippen molar-refractivity contribution >= 4 is 5.91 Å². The summed E-state index contributed by atoms with van der Waals surface area (Å²) in [7, 11) is 0. The summed E-state index contributed by atoms with van der Waals surface area (Å²) in [4.78, 5) is 12.6. The van der Waals surface area contributed by atoms with E-state index in [-0.39, 0.29) is 23.2 Å². The van der Waals surface area contributed by atoms with Gasteiger partial charge in [-0.3, -0.25) is 4.79 Å². The Balaban J connectivity index is 2.06. The predicted molar refractivity (Wildman–Crippen MR) is 77.8 cm³/mol. The number of carbonyl (C=O) groups excluding carboxylic acids is 1. The number of piperidine rings is 1. The molecule has 110 valence electrons. The molecule has 2 N–H and O–H groups in total. The maximum absolute atomic E-state index is 13.2. The van der Waals surface area contributed by atoms with Gasteiger partial charge in [-0.15, -0.1) is 0 Å². The monoisotopic (exact) mass is 278 g/mol. The molecule has 1 amide bonds. The maximum Gasteiger partial charge on any atom is 0.226 e. The third kappa shape index (κ3) is 3.18. The molecule has 1 aliphatic rings. The van der Waals surface area contributed by atoms with Gasteiger partial charge in [0.2, 0.25) is 5.91 Å². The van der Waals surface area contributed by atoms with E-state index in [0.717, 1.165) is 37.9 Å². The highest BCUT2D eigenvalue weighted by Crippen LogP contribution is 2.33. The molecule has 0 unspecified atom stereocenters. The van der Waals surface area contributed by atoms with Gasteiger partial charge in [0, 0.05) is 0 Å². The summed E-state index contributed by atoms with van der Waals surface area (Å²) in [5, 5.41) is 6.34. The van der Waals surface area contributed by atoms with Crippen molar-refractivity contribution in [3.8, 4) is 0 Å². The fraction of sp³-hybridized carbons (Fsp3) is 0.562. The van der Waals surface area contributed by atoms with E-state index in [1.54, 1.807) is 6.07 Å². The molecule has 0 spiro atoms. The first-order chi connectivity index (χ1) is 9.57. The van der Waals surface area contributed by atoms with Gasteiger partial charge in [0.25, 0.3) is 0 Å². The zero-order valence-corrected chi connectivity index (χ0v) is 12.2. The lowest BCUT2D eigenvalue weighted by molar-refractivity contribution is -0.133. The van der Waals surface area contributed by atoms with Gasteiger partial charge in [-0.2, -0.15) is 0 Å². The highest BCUT2D eigenvalue weighted by molar-refractivity contribution is 5.83. The van der Waals surface area contributed by atoms with Crippen LogP contribution in [0.15, 0.2) is 24.3 Å². The van der Waals surface area contributed by atoms with Crippen molar-refractivity contribution < 1.29 is 9.18 Å². The van der Waals surface area contributed by atoms with Gasteiger partial charge in [-0.25, -0.2) is 4.39 Å². The molecule has 1 atom stereocenters. The van der Waals surface area contributed by atoms with E-state index in [9.17, 15) is 9.18 Å². The Morgan fingerprint density at radius 2 is 2.15 bits per heavy atom. The minimum atomic E-state index is -0.271. The SMILES string of the molecule is CCC1(C(=O)N[C@H](C)c2cccc(F)c2)CCNCC1. The first kappa shape index (κ1) is 15.0. The van der Waals surface area contributed by atoms with Crippen molar-refractivity contribution in [2.24, 2.45) is 5.41 Å². The lowest BCUT2D eigenvalue weighted by Crippen LogP contribution is -2.47. The van der Waals surface area contributed by atoms with Crippen LogP contribution in [0.2, 0.25) is 0 Å². The Morgan fingerprint density at radius 3 is 2.75 bits per heavy atom. The van der Waals surface area contributed by atoms with Crippen LogP contribution in [0.25, 0.3) is 0 Å². The van der Waals surface area contributed by atoms with Gasteiger partial charge in [-0.1, -0.05) is 19.1 Å². The number of halogens is 1. The topological polar surface area (TPSA) is 41.1 Å². The molecule has 1 heterocycles. The third-order valence-electron chi connectivity index (χ3n) is 4.42. The summed E-state index contributed by atoms with van der Waals surface area (Å²) in [6.45, 7) is 5.74. The maximum atomic E-state index is 13.2. The molecule has 0 aliphatic carbocycles.